The molecule has 0 radical (unpaired) electrons. The molecular weight excluding hydrogens is 1500 g/mol. The van der Waals surface area contributed by atoms with Crippen LogP contribution in [0.4, 0.5) is 0 Å². The molecule has 1 aliphatic heterocycles. The number of ether oxygens (including phenoxy) is 8. The quantitative estimate of drug-likeness (QED) is 0.0260. The lowest BCUT2D eigenvalue weighted by atomic mass is 10.0. The van der Waals surface area contributed by atoms with Crippen LogP contribution < -0.4 is 54.0 Å². The number of unbranched alkanes of at least 4 members (excludes halogenated alkanes) is 3. The molecule has 0 saturated carbocycles. The number of thioether (sulfide) groups is 1. The maximum absolute atomic E-state index is 13.2. The van der Waals surface area contributed by atoms with Gasteiger partial charge in [-0.3, -0.25) is 81.9 Å². The van der Waals surface area contributed by atoms with E-state index in [0.717, 1.165) is 12.8 Å². The van der Waals surface area contributed by atoms with Gasteiger partial charge in [-0.15, -0.1) is 0 Å². The highest BCUT2D eigenvalue weighted by atomic mass is 32.2. The Labute approximate surface area is 662 Å². The third-order valence-corrected chi connectivity index (χ3v) is 16.7. The van der Waals surface area contributed by atoms with Crippen molar-refractivity contribution in [1.29, 1.82) is 0 Å². The molecule has 1 fully saturated rings. The van der Waals surface area contributed by atoms with Crippen LogP contribution in [0.5, 0.6) is 0 Å². The molecule has 0 bridgehead atoms. The first-order valence-electron chi connectivity index (χ1n) is 37.8. The summed E-state index contributed by atoms with van der Waals surface area (Å²) in [5.41, 5.74) is 10.6. The molecule has 40 nitrogen and oxygen atoms in total. The third-order valence-electron chi connectivity index (χ3n) is 15.9. The summed E-state index contributed by atoms with van der Waals surface area (Å²) >= 11 is 1.90. The summed E-state index contributed by atoms with van der Waals surface area (Å²) in [4.78, 5) is 180. The fourth-order valence-electron chi connectivity index (χ4n) is 9.78. The highest BCUT2D eigenvalue weighted by molar-refractivity contribution is 7.98. The maximum atomic E-state index is 13.2. The fraction of sp³-hybridized carbons (Fsp3) is 0.789. The molecule has 1 saturated heterocycles. The first-order chi connectivity index (χ1) is 53.8. The summed E-state index contributed by atoms with van der Waals surface area (Å²) in [5, 5.41) is 50.2. The molecule has 15 N–H and O–H groups in total. The second-order valence-electron chi connectivity index (χ2n) is 25.4. The van der Waals surface area contributed by atoms with Gasteiger partial charge in [0, 0.05) is 123 Å². The van der Waals surface area contributed by atoms with Crippen LogP contribution >= 0.6 is 11.8 Å². The Bertz CT molecular complexity index is 2530. The van der Waals surface area contributed by atoms with Crippen LogP contribution in [-0.2, 0) is 110 Å². The maximum Gasteiger partial charge on any atom is 0.317 e. The van der Waals surface area contributed by atoms with Crippen LogP contribution in [0.3, 0.4) is 0 Å². The molecule has 0 aromatic heterocycles. The molecule has 648 valence electrons. The number of carboxylic acids is 3. The highest BCUT2D eigenvalue weighted by Crippen LogP contribution is 2.09. The first kappa shape index (κ1) is 108. The second kappa shape index (κ2) is 77.3. The van der Waals surface area contributed by atoms with E-state index < -0.39 is 47.6 Å². The number of rotatable bonds is 65. The predicted octanol–water partition coefficient (Wildman–Crippen LogP) is -3.79. The Morgan fingerprint density at radius 3 is 0.973 bits per heavy atom. The van der Waals surface area contributed by atoms with Gasteiger partial charge < -0.3 is 117 Å². The number of amides is 10. The number of carboxylic acid groups (broad SMARTS) is 3. The van der Waals surface area contributed by atoms with Crippen LogP contribution in [0, 0.1) is 11.8 Å². The van der Waals surface area contributed by atoms with Gasteiger partial charge in [0.25, 0.3) is 0 Å². The molecule has 0 spiro atoms. The van der Waals surface area contributed by atoms with Crippen LogP contribution in [0.25, 0.3) is 0 Å². The van der Waals surface area contributed by atoms with Crippen molar-refractivity contribution < 1.29 is 125 Å². The minimum absolute atomic E-state index is 0.0369. The monoisotopic (exact) mass is 1630 g/mol. The standard InChI is InChI=1S/C65H118N14O24.C4H10S.2CH2O/c1-50(63(66)93)10-3-6-16-69-56(83)46-100-38-36-98-32-20-72-57(84)47-101-39-34-96-30-18-70-54(81)14-9-13-53(80)68-15-8-5-12-52(65(95)74-17-7-4-11-51(2)64(67)94)75-59(86)49-103-41-37-99-33-21-73-58(85)48-102-40-35-97-31-19-71-55(82)42-76-22-24-77(43-60(87)88)26-28-79(45-62(91)92)29-27-78(25-23-76)44-61(89)90;1-3-4-5-2;2*1-2/h50-52H,3-49H2,1-2H3,(H2,66,93)(H2,67,94)(H,68,80)(H,69,83)(H,70,81)(H,71,82)(H,72,84)(H,73,85)(H,74,95)(H,75,86)(H,87,88)(H,89,90)(H,91,92);3-4H2,1-2H3;2*1H2/t50-,51-,52-;;;/m0.../s1. The summed E-state index contributed by atoms with van der Waals surface area (Å²) in [5.74, 6) is -5.84. The molecule has 112 heavy (non-hydrogen) atoms. The normalized spacial score (nSPS) is 13.6. The van der Waals surface area contributed by atoms with E-state index >= 15 is 0 Å². The van der Waals surface area contributed by atoms with Gasteiger partial charge in [0.15, 0.2) is 0 Å². The molecule has 0 aromatic carbocycles. The summed E-state index contributed by atoms with van der Waals surface area (Å²) in [7, 11) is 0. The van der Waals surface area contributed by atoms with Gasteiger partial charge in [0.2, 0.25) is 59.1 Å². The second-order valence-corrected chi connectivity index (χ2v) is 26.4. The zero-order chi connectivity index (χ0) is 84.2. The lowest BCUT2D eigenvalue weighted by molar-refractivity contribution is -0.140. The van der Waals surface area contributed by atoms with Crippen molar-refractivity contribution in [2.24, 2.45) is 23.3 Å². The minimum Gasteiger partial charge on any atom is -0.480 e. The van der Waals surface area contributed by atoms with Crippen molar-refractivity contribution in [1.82, 2.24) is 62.1 Å². The Kier molecular flexibility index (Phi) is 74.8. The molecule has 3 atom stereocenters. The van der Waals surface area contributed by atoms with Crippen molar-refractivity contribution >= 4 is 102 Å². The Hall–Kier alpha value is -7.68. The van der Waals surface area contributed by atoms with Crippen LogP contribution in [0.15, 0.2) is 0 Å². The molecule has 1 aliphatic rings. The van der Waals surface area contributed by atoms with Gasteiger partial charge in [-0.2, -0.15) is 11.8 Å². The smallest absolute Gasteiger partial charge is 0.317 e. The molecule has 1 rings (SSSR count). The Morgan fingerprint density at radius 1 is 0.366 bits per heavy atom. The number of aliphatic carboxylic acids is 3. The van der Waals surface area contributed by atoms with Crippen LogP contribution in [0.2, 0.25) is 0 Å². The Balaban J connectivity index is -0.0000125. The molecule has 41 heteroatoms. The summed E-state index contributed by atoms with van der Waals surface area (Å²) in [6, 6.07) is -0.903. The number of carbonyl (C=O) groups excluding carboxylic acids is 12. The van der Waals surface area contributed by atoms with Crippen LogP contribution in [0.1, 0.15) is 104 Å². The van der Waals surface area contributed by atoms with Crippen molar-refractivity contribution in [2.75, 3.05) is 242 Å². The number of carbonyl (C=O) groups is 15. The van der Waals surface area contributed by atoms with E-state index in [1.165, 1.54) is 12.2 Å². The molecule has 0 unspecified atom stereocenters. The molecule has 10 amide bonds. The van der Waals surface area contributed by atoms with Crippen molar-refractivity contribution in [2.45, 2.75) is 110 Å². The van der Waals surface area contributed by atoms with E-state index in [2.05, 4.69) is 55.7 Å². The number of nitrogens with two attached hydrogens (primary N) is 2. The zero-order valence-corrected chi connectivity index (χ0v) is 67.2. The lowest BCUT2D eigenvalue weighted by Crippen LogP contribution is -2.50. The molecule has 0 aliphatic carbocycles. The van der Waals surface area contributed by atoms with Crippen molar-refractivity contribution in [3.8, 4) is 0 Å². The molecule has 1 heterocycles. The highest BCUT2D eigenvalue weighted by Gasteiger charge is 2.24. The fourth-order valence-corrected chi connectivity index (χ4v) is 10.2. The van der Waals surface area contributed by atoms with Gasteiger partial charge in [0.1, 0.15) is 46.0 Å². The van der Waals surface area contributed by atoms with Crippen LogP contribution in [-0.4, -0.2) is 374 Å². The van der Waals surface area contributed by atoms with Gasteiger partial charge in [-0.05, 0) is 69.8 Å². The topological polar surface area (TPSA) is 552 Å². The number of hydrogen-bond donors (Lipinski definition) is 13. The van der Waals surface area contributed by atoms with E-state index in [9.17, 15) is 77.6 Å². The minimum atomic E-state index is -1.05. The van der Waals surface area contributed by atoms with Gasteiger partial charge >= 0.3 is 17.9 Å². The lowest BCUT2D eigenvalue weighted by Gasteiger charge is -2.32. The average Bonchev–Trinajstić information content (AvgIpc) is 0.900. The first-order valence-corrected chi connectivity index (χ1v) is 39.2. The van der Waals surface area contributed by atoms with E-state index in [0.29, 0.717) is 77.7 Å². The van der Waals surface area contributed by atoms with Crippen molar-refractivity contribution in [3.05, 3.63) is 0 Å². The SMILES string of the molecule is C=O.C=O.CCCSC.C[C@@H](CCCCNC(=O)COCCOCCNC(=O)COCCOCCNC(=O)CCCC(=O)NCCCC[C@H](NC(=O)COCCOCCNC(=O)COCCOCCNC(=O)CN1CCN(CC(=O)O)CCN(CC(=O)O)CCN(CC(=O)O)CC1)C(=O)NCCCC[C@H](C)C(N)=O)C(N)=O. The zero-order valence-electron chi connectivity index (χ0n) is 66.4. The number of nitrogens with one attached hydrogen (secondary N) is 8. The predicted molar refractivity (Wildman–Crippen MR) is 413 cm³/mol. The summed E-state index contributed by atoms with van der Waals surface area (Å²) in [6.45, 7) is 13.9. The summed E-state index contributed by atoms with van der Waals surface area (Å²) in [6.07, 6.45) is 9.18. The van der Waals surface area contributed by atoms with Gasteiger partial charge in [-0.1, -0.05) is 33.6 Å². The van der Waals surface area contributed by atoms with Gasteiger partial charge in [0.05, 0.1) is 105 Å². The van der Waals surface area contributed by atoms with E-state index in [1.807, 2.05) is 25.3 Å². The number of primary amides is 2. The average molecular weight is 1630 g/mol. The Morgan fingerprint density at radius 2 is 0.652 bits per heavy atom. The number of nitrogens with zero attached hydrogens (tertiary/aromatic N) is 4. The van der Waals surface area contributed by atoms with E-state index in [4.69, 9.17) is 59.0 Å². The largest absolute Gasteiger partial charge is 0.480 e. The molecular formula is C71H132N14O26S. The van der Waals surface area contributed by atoms with E-state index in [1.54, 1.807) is 33.4 Å². The number of hydrogen-bond acceptors (Lipinski definition) is 28. The molecule has 0 aromatic rings. The third kappa shape index (κ3) is 72.6. The summed E-state index contributed by atoms with van der Waals surface area (Å²) < 4.78 is 43.3. The van der Waals surface area contributed by atoms with Crippen molar-refractivity contribution in [3.63, 3.8) is 0 Å². The van der Waals surface area contributed by atoms with Gasteiger partial charge in [-0.25, -0.2) is 0 Å². The van der Waals surface area contributed by atoms with E-state index in [-0.39, 0.29) is 264 Å².